The SMILES string of the molecule is CCCCCN1CC(C)COc2cc3ncnc(Nc4cc(C)c(Oc5cncc(F)c5)cc4F)c3nc21. The topological polar surface area (TPSA) is 85.3 Å². The van der Waals surface area contributed by atoms with Gasteiger partial charge in [-0.2, -0.15) is 0 Å². The number of nitrogens with one attached hydrogen (secondary N) is 1. The van der Waals surface area contributed by atoms with Gasteiger partial charge in [0.25, 0.3) is 0 Å². The molecule has 0 spiro atoms. The first kappa shape index (κ1) is 25.6. The molecule has 0 fully saturated rings. The molecular weight excluding hydrogens is 490 g/mol. The van der Waals surface area contributed by atoms with Gasteiger partial charge in [0.1, 0.15) is 35.0 Å². The summed E-state index contributed by atoms with van der Waals surface area (Å²) in [6, 6.07) is 5.92. The lowest BCUT2D eigenvalue weighted by molar-refractivity contribution is 0.273. The van der Waals surface area contributed by atoms with E-state index in [0.717, 1.165) is 44.4 Å². The van der Waals surface area contributed by atoms with Gasteiger partial charge in [0.05, 0.1) is 30.2 Å². The molecular formula is C28H30F2N6O2. The second-order valence-electron chi connectivity index (χ2n) is 9.63. The predicted octanol–water partition coefficient (Wildman–Crippen LogP) is 6.57. The van der Waals surface area contributed by atoms with Gasteiger partial charge in [0.2, 0.25) is 0 Å². The van der Waals surface area contributed by atoms with E-state index in [1.165, 1.54) is 24.7 Å². The molecule has 0 bridgehead atoms. The molecule has 0 saturated carbocycles. The van der Waals surface area contributed by atoms with E-state index >= 15 is 4.39 Å². The Bertz CT molecular complexity index is 1450. The van der Waals surface area contributed by atoms with Crippen LogP contribution >= 0.6 is 0 Å². The number of rotatable bonds is 8. The van der Waals surface area contributed by atoms with Crippen LogP contribution in [-0.4, -0.2) is 39.6 Å². The monoisotopic (exact) mass is 520 g/mol. The molecule has 198 valence electrons. The Kier molecular flexibility index (Phi) is 7.48. The maximum atomic E-state index is 15.2. The van der Waals surface area contributed by atoms with Crippen LogP contribution in [0.15, 0.2) is 43.0 Å². The number of fused-ring (bicyclic) bond motifs is 2. The van der Waals surface area contributed by atoms with Crippen molar-refractivity contribution < 1.29 is 18.3 Å². The lowest BCUT2D eigenvalue weighted by atomic mass is 10.1. The number of ether oxygens (including phenoxy) is 2. The molecule has 0 saturated heterocycles. The molecule has 0 radical (unpaired) electrons. The average molecular weight is 521 g/mol. The van der Waals surface area contributed by atoms with Crippen LogP contribution in [0.3, 0.4) is 0 Å². The number of nitrogens with zero attached hydrogens (tertiary/aromatic N) is 5. The Morgan fingerprint density at radius 3 is 2.82 bits per heavy atom. The van der Waals surface area contributed by atoms with E-state index in [1.54, 1.807) is 13.0 Å². The molecule has 4 heterocycles. The minimum absolute atomic E-state index is 0.180. The fraction of sp³-hybridized carbons (Fsp3) is 0.357. The number of anilines is 3. The van der Waals surface area contributed by atoms with Gasteiger partial charge in [-0.3, -0.25) is 4.98 Å². The van der Waals surface area contributed by atoms with Crippen LogP contribution in [0.5, 0.6) is 17.2 Å². The van der Waals surface area contributed by atoms with Gasteiger partial charge in [-0.15, -0.1) is 0 Å². The third-order valence-electron chi connectivity index (χ3n) is 6.37. The van der Waals surface area contributed by atoms with Crippen LogP contribution in [0.2, 0.25) is 0 Å². The number of benzene rings is 1. The van der Waals surface area contributed by atoms with Crippen molar-refractivity contribution in [2.24, 2.45) is 5.92 Å². The molecule has 1 aliphatic heterocycles. The average Bonchev–Trinajstić information content (AvgIpc) is 3.04. The number of pyridine rings is 2. The summed E-state index contributed by atoms with van der Waals surface area (Å²) in [5.74, 6) is 1.51. The first-order valence-electron chi connectivity index (χ1n) is 12.8. The zero-order chi connectivity index (χ0) is 26.6. The molecule has 4 aromatic rings. The number of hydrogen-bond donors (Lipinski definition) is 1. The quantitative estimate of drug-likeness (QED) is 0.261. The molecule has 1 aliphatic rings. The third-order valence-corrected chi connectivity index (χ3v) is 6.37. The summed E-state index contributed by atoms with van der Waals surface area (Å²) in [6.07, 6.45) is 7.18. The molecule has 1 atom stereocenters. The predicted molar refractivity (Wildman–Crippen MR) is 142 cm³/mol. The van der Waals surface area contributed by atoms with E-state index in [0.29, 0.717) is 40.7 Å². The van der Waals surface area contributed by atoms with Gasteiger partial charge in [-0.1, -0.05) is 26.7 Å². The Balaban J connectivity index is 1.47. The molecule has 10 heteroatoms. The zero-order valence-corrected chi connectivity index (χ0v) is 21.7. The van der Waals surface area contributed by atoms with E-state index in [1.807, 2.05) is 6.07 Å². The summed E-state index contributed by atoms with van der Waals surface area (Å²) in [4.78, 5) is 19.7. The largest absolute Gasteiger partial charge is 0.489 e. The second kappa shape index (κ2) is 11.1. The van der Waals surface area contributed by atoms with Crippen molar-refractivity contribution in [3.8, 4) is 17.2 Å². The molecule has 5 rings (SSSR count). The number of hydrogen-bond acceptors (Lipinski definition) is 8. The summed E-state index contributed by atoms with van der Waals surface area (Å²) in [7, 11) is 0. The maximum Gasteiger partial charge on any atom is 0.172 e. The molecule has 38 heavy (non-hydrogen) atoms. The van der Waals surface area contributed by atoms with Crippen LogP contribution in [0.25, 0.3) is 11.0 Å². The zero-order valence-electron chi connectivity index (χ0n) is 21.7. The highest BCUT2D eigenvalue weighted by Crippen LogP contribution is 2.36. The van der Waals surface area contributed by atoms with Gasteiger partial charge in [0, 0.05) is 37.2 Å². The molecule has 1 unspecified atom stereocenters. The number of aryl methyl sites for hydroxylation is 1. The minimum Gasteiger partial charge on any atom is -0.489 e. The molecule has 0 aliphatic carbocycles. The van der Waals surface area contributed by atoms with Crippen LogP contribution in [0.1, 0.15) is 38.7 Å². The molecule has 1 aromatic carbocycles. The molecule has 1 N–H and O–H groups in total. The summed E-state index contributed by atoms with van der Waals surface area (Å²) >= 11 is 0. The Morgan fingerprint density at radius 1 is 1.13 bits per heavy atom. The van der Waals surface area contributed by atoms with E-state index < -0.39 is 11.6 Å². The van der Waals surface area contributed by atoms with E-state index in [2.05, 4.69) is 39.0 Å². The van der Waals surface area contributed by atoms with Crippen molar-refractivity contribution in [2.75, 3.05) is 29.9 Å². The normalized spacial score (nSPS) is 15.1. The van der Waals surface area contributed by atoms with Crippen LogP contribution < -0.4 is 19.7 Å². The van der Waals surface area contributed by atoms with E-state index in [4.69, 9.17) is 14.5 Å². The Labute approximate surface area is 220 Å². The Morgan fingerprint density at radius 2 is 2.00 bits per heavy atom. The van der Waals surface area contributed by atoms with Crippen LogP contribution in [-0.2, 0) is 0 Å². The summed E-state index contributed by atoms with van der Waals surface area (Å²) in [5.41, 5.74) is 1.96. The molecule has 0 amide bonds. The van der Waals surface area contributed by atoms with E-state index in [9.17, 15) is 4.39 Å². The van der Waals surface area contributed by atoms with Crippen LogP contribution in [0, 0.1) is 24.5 Å². The van der Waals surface area contributed by atoms with Gasteiger partial charge >= 0.3 is 0 Å². The highest BCUT2D eigenvalue weighted by Gasteiger charge is 2.24. The summed E-state index contributed by atoms with van der Waals surface area (Å²) < 4.78 is 40.4. The van der Waals surface area contributed by atoms with Crippen molar-refractivity contribution in [2.45, 2.75) is 40.0 Å². The summed E-state index contributed by atoms with van der Waals surface area (Å²) in [5, 5.41) is 3.08. The van der Waals surface area contributed by atoms with E-state index in [-0.39, 0.29) is 17.2 Å². The third kappa shape index (κ3) is 5.58. The number of unbranched alkanes of at least 4 members (excludes halogenated alkanes) is 2. The second-order valence-corrected chi connectivity index (χ2v) is 9.63. The first-order chi connectivity index (χ1) is 18.4. The van der Waals surface area contributed by atoms with Crippen molar-refractivity contribution in [1.29, 1.82) is 0 Å². The molecule has 8 nitrogen and oxygen atoms in total. The number of aromatic nitrogens is 4. The smallest absolute Gasteiger partial charge is 0.172 e. The van der Waals surface area contributed by atoms with Gasteiger partial charge < -0.3 is 19.7 Å². The molecule has 3 aromatic heterocycles. The van der Waals surface area contributed by atoms with Crippen molar-refractivity contribution in [1.82, 2.24) is 19.9 Å². The highest BCUT2D eigenvalue weighted by molar-refractivity contribution is 5.90. The minimum atomic E-state index is -0.560. The number of halogens is 2. The van der Waals surface area contributed by atoms with Crippen molar-refractivity contribution in [3.05, 3.63) is 60.2 Å². The lowest BCUT2D eigenvalue weighted by Crippen LogP contribution is -2.30. The van der Waals surface area contributed by atoms with Crippen LogP contribution in [0.4, 0.5) is 26.1 Å². The van der Waals surface area contributed by atoms with Crippen molar-refractivity contribution >= 4 is 28.4 Å². The first-order valence-corrected chi connectivity index (χ1v) is 12.8. The fourth-order valence-corrected chi connectivity index (χ4v) is 4.45. The standard InChI is InChI=1S/C28H30F2N6O2/c1-4-5-6-7-36-14-17(2)15-37-25-11-23-26(35-28(25)36)27(33-16-32-23)34-22-8-18(3)24(10-21(22)30)38-20-9-19(29)12-31-13-20/h8-13,16-17H,4-7,14-15H2,1-3H3,(H,32,33,34). The maximum absolute atomic E-state index is 15.2. The Hall–Kier alpha value is -4.08. The van der Waals surface area contributed by atoms with Gasteiger partial charge in [0.15, 0.2) is 17.4 Å². The fourth-order valence-electron chi connectivity index (χ4n) is 4.45. The van der Waals surface area contributed by atoms with Gasteiger partial charge in [-0.05, 0) is 25.0 Å². The van der Waals surface area contributed by atoms with Gasteiger partial charge in [-0.25, -0.2) is 23.7 Å². The summed E-state index contributed by atoms with van der Waals surface area (Å²) in [6.45, 7) is 8.43. The lowest BCUT2D eigenvalue weighted by Gasteiger charge is -2.24. The van der Waals surface area contributed by atoms with Crippen molar-refractivity contribution in [3.63, 3.8) is 0 Å². The highest BCUT2D eigenvalue weighted by atomic mass is 19.1.